The molecule has 124 valence electrons. The molecule has 23 heavy (non-hydrogen) atoms. The summed E-state index contributed by atoms with van der Waals surface area (Å²) in [5, 5.41) is 14.8. The second kappa shape index (κ2) is 6.23. The lowest BCUT2D eigenvalue weighted by Crippen LogP contribution is -2.16. The van der Waals surface area contributed by atoms with E-state index < -0.39 is 0 Å². The van der Waals surface area contributed by atoms with Crippen molar-refractivity contribution >= 4 is 23.5 Å². The summed E-state index contributed by atoms with van der Waals surface area (Å²) in [5.74, 6) is 1.78. The highest BCUT2D eigenvalue weighted by Crippen LogP contribution is 2.37. The van der Waals surface area contributed by atoms with E-state index >= 15 is 0 Å². The molecule has 2 aliphatic rings. The van der Waals surface area contributed by atoms with Crippen LogP contribution in [0.15, 0.2) is 19.9 Å². The molecular weight excluding hydrogens is 336 g/mol. The number of aromatic nitrogens is 6. The van der Waals surface area contributed by atoms with E-state index in [1.54, 1.807) is 32.7 Å². The molecule has 2 heterocycles. The molecule has 0 amide bonds. The number of aromatic amines is 2. The molecule has 2 saturated carbocycles. The van der Waals surface area contributed by atoms with Gasteiger partial charge in [-0.05, 0) is 32.1 Å². The van der Waals surface area contributed by atoms with E-state index in [0.717, 1.165) is 53.9 Å². The highest BCUT2D eigenvalue weighted by atomic mass is 32.2. The lowest BCUT2D eigenvalue weighted by atomic mass is 10.6. The molecule has 0 atom stereocenters. The van der Waals surface area contributed by atoms with Gasteiger partial charge in [-0.15, -0.1) is 10.2 Å². The van der Waals surface area contributed by atoms with Gasteiger partial charge in [0.15, 0.2) is 10.3 Å². The molecule has 0 unspecified atom stereocenters. The maximum Gasteiger partial charge on any atom is 0.344 e. The van der Waals surface area contributed by atoms with Crippen molar-refractivity contribution in [2.75, 3.05) is 11.5 Å². The molecule has 0 radical (unpaired) electrons. The number of H-pyrrole nitrogens is 2. The van der Waals surface area contributed by atoms with E-state index in [1.807, 2.05) is 0 Å². The summed E-state index contributed by atoms with van der Waals surface area (Å²) in [4.78, 5) is 23.4. The Bertz CT molecular complexity index is 732. The maximum atomic E-state index is 11.7. The number of hydrogen-bond donors (Lipinski definition) is 2. The minimum atomic E-state index is -0.102. The highest BCUT2D eigenvalue weighted by molar-refractivity contribution is 8.00. The zero-order chi connectivity index (χ0) is 15.8. The minimum absolute atomic E-state index is 0.102. The van der Waals surface area contributed by atoms with Crippen molar-refractivity contribution in [3.8, 4) is 0 Å². The first kappa shape index (κ1) is 15.1. The van der Waals surface area contributed by atoms with Crippen LogP contribution in [-0.2, 0) is 0 Å². The number of thioether (sulfide) groups is 2. The zero-order valence-electron chi connectivity index (χ0n) is 12.5. The van der Waals surface area contributed by atoms with Gasteiger partial charge in [-0.1, -0.05) is 23.5 Å². The molecule has 8 nitrogen and oxygen atoms in total. The first-order valence-corrected chi connectivity index (χ1v) is 9.80. The van der Waals surface area contributed by atoms with Crippen LogP contribution in [0.4, 0.5) is 0 Å². The van der Waals surface area contributed by atoms with E-state index in [0.29, 0.717) is 12.1 Å². The fraction of sp³-hybridized carbons (Fsp3) is 0.692. The number of nitrogens with zero attached hydrogens (tertiary/aromatic N) is 4. The second-order valence-corrected chi connectivity index (χ2v) is 8.00. The van der Waals surface area contributed by atoms with Crippen molar-refractivity contribution in [3.05, 3.63) is 21.0 Å². The average molecular weight is 354 g/mol. The van der Waals surface area contributed by atoms with Crippen molar-refractivity contribution in [3.63, 3.8) is 0 Å². The molecule has 10 heteroatoms. The van der Waals surface area contributed by atoms with Crippen LogP contribution < -0.4 is 11.4 Å². The summed E-state index contributed by atoms with van der Waals surface area (Å²) in [5.41, 5.74) is -0.205. The van der Waals surface area contributed by atoms with Gasteiger partial charge in [-0.2, -0.15) is 0 Å². The third-order valence-corrected chi connectivity index (χ3v) is 6.00. The monoisotopic (exact) mass is 354 g/mol. The lowest BCUT2D eigenvalue weighted by Gasteiger charge is -2.04. The van der Waals surface area contributed by atoms with Gasteiger partial charge >= 0.3 is 11.4 Å². The molecule has 2 aliphatic carbocycles. The molecule has 2 aromatic rings. The van der Waals surface area contributed by atoms with Crippen LogP contribution >= 0.6 is 23.5 Å². The van der Waals surface area contributed by atoms with Crippen molar-refractivity contribution in [1.82, 2.24) is 29.5 Å². The van der Waals surface area contributed by atoms with Crippen molar-refractivity contribution < 1.29 is 0 Å². The predicted octanol–water partition coefficient (Wildman–Crippen LogP) is 1.40. The Kier molecular flexibility index (Phi) is 4.10. The predicted molar refractivity (Wildman–Crippen MR) is 88.3 cm³/mol. The fourth-order valence-electron chi connectivity index (χ4n) is 2.48. The molecule has 2 fully saturated rings. The quantitative estimate of drug-likeness (QED) is 0.549. The number of hydrogen-bond acceptors (Lipinski definition) is 6. The molecular formula is C13H18N6O2S2. The van der Waals surface area contributed by atoms with Gasteiger partial charge in [0.25, 0.3) is 0 Å². The highest BCUT2D eigenvalue weighted by Gasteiger charge is 2.29. The topological polar surface area (TPSA) is 101 Å². The maximum absolute atomic E-state index is 11.7. The van der Waals surface area contributed by atoms with Gasteiger partial charge in [-0.3, -0.25) is 9.13 Å². The Morgan fingerprint density at radius 1 is 0.870 bits per heavy atom. The molecule has 4 rings (SSSR count). The van der Waals surface area contributed by atoms with Crippen LogP contribution in [0.1, 0.15) is 44.2 Å². The van der Waals surface area contributed by atoms with Gasteiger partial charge < -0.3 is 0 Å². The first-order chi connectivity index (χ1) is 11.2. The largest absolute Gasteiger partial charge is 0.344 e. The third-order valence-electron chi connectivity index (χ3n) is 3.92. The molecule has 2 aromatic heterocycles. The van der Waals surface area contributed by atoms with Crippen LogP contribution in [0.25, 0.3) is 0 Å². The Labute approximate surface area is 140 Å². The average Bonchev–Trinajstić information content (AvgIpc) is 3.46. The molecule has 0 saturated heterocycles. The van der Waals surface area contributed by atoms with E-state index in [1.165, 1.54) is 0 Å². The number of nitrogens with one attached hydrogen (secondary N) is 2. The van der Waals surface area contributed by atoms with E-state index in [-0.39, 0.29) is 11.4 Å². The Hall–Kier alpha value is -1.42. The van der Waals surface area contributed by atoms with Crippen LogP contribution in [-0.4, -0.2) is 41.0 Å². The summed E-state index contributed by atoms with van der Waals surface area (Å²) in [6.45, 7) is 0. The van der Waals surface area contributed by atoms with E-state index in [9.17, 15) is 9.59 Å². The van der Waals surface area contributed by atoms with E-state index in [4.69, 9.17) is 0 Å². The molecule has 0 bridgehead atoms. The van der Waals surface area contributed by atoms with Gasteiger partial charge in [0, 0.05) is 23.6 Å². The Balaban J connectivity index is 1.27. The smallest absolute Gasteiger partial charge is 0.267 e. The first-order valence-electron chi connectivity index (χ1n) is 7.83. The summed E-state index contributed by atoms with van der Waals surface area (Å²) in [6, 6.07) is 0.685. The molecule has 0 spiro atoms. The van der Waals surface area contributed by atoms with E-state index in [2.05, 4.69) is 20.4 Å². The fourth-order valence-corrected chi connectivity index (χ4v) is 4.57. The van der Waals surface area contributed by atoms with Gasteiger partial charge in [0.1, 0.15) is 0 Å². The van der Waals surface area contributed by atoms with Crippen molar-refractivity contribution in [2.45, 2.75) is 54.5 Å². The molecule has 0 aromatic carbocycles. The lowest BCUT2D eigenvalue weighted by molar-refractivity contribution is 0.641. The van der Waals surface area contributed by atoms with Gasteiger partial charge in [0.2, 0.25) is 0 Å². The normalized spacial score (nSPS) is 17.7. The van der Waals surface area contributed by atoms with Gasteiger partial charge in [0.05, 0.1) is 0 Å². The zero-order valence-corrected chi connectivity index (χ0v) is 14.2. The minimum Gasteiger partial charge on any atom is -0.267 e. The SMILES string of the molecule is O=c1[nH]nc(SCCCSc2n[nH]c(=O)n2C2CC2)n1C1CC1. The van der Waals surface area contributed by atoms with Crippen LogP contribution in [0.5, 0.6) is 0 Å². The molecule has 2 N–H and O–H groups in total. The third kappa shape index (κ3) is 3.27. The van der Waals surface area contributed by atoms with Crippen LogP contribution in [0, 0.1) is 0 Å². The van der Waals surface area contributed by atoms with Crippen molar-refractivity contribution in [2.24, 2.45) is 0 Å². The summed E-state index contributed by atoms with van der Waals surface area (Å²) in [6.07, 6.45) is 5.25. The summed E-state index contributed by atoms with van der Waals surface area (Å²) < 4.78 is 3.55. The summed E-state index contributed by atoms with van der Waals surface area (Å²) in [7, 11) is 0. The summed E-state index contributed by atoms with van der Waals surface area (Å²) >= 11 is 3.22. The van der Waals surface area contributed by atoms with Crippen LogP contribution in [0.3, 0.4) is 0 Å². The molecule has 0 aliphatic heterocycles. The van der Waals surface area contributed by atoms with Crippen molar-refractivity contribution in [1.29, 1.82) is 0 Å². The van der Waals surface area contributed by atoms with Gasteiger partial charge in [-0.25, -0.2) is 19.8 Å². The Morgan fingerprint density at radius 2 is 1.30 bits per heavy atom. The standard InChI is InChI=1S/C13H18N6O2S2/c20-10-14-16-12(18(10)8-2-3-8)22-6-1-7-23-13-17-15-11(21)19(13)9-4-5-9/h8-9H,1-7H2,(H,14,20)(H,15,21). The second-order valence-electron chi connectivity index (χ2n) is 5.88. The van der Waals surface area contributed by atoms with Crippen LogP contribution in [0.2, 0.25) is 0 Å². The number of rotatable bonds is 8. The Morgan fingerprint density at radius 3 is 1.70 bits per heavy atom.